The number of benzene rings is 3. The van der Waals surface area contributed by atoms with E-state index in [4.69, 9.17) is 16.2 Å². The third kappa shape index (κ3) is 9.84. The number of ether oxygens (including phenoxy) is 1. The SMILES string of the molecule is CCCC[C@]12/C=C/C(=O)CCc3ccc(O)c(c3)OCCc3ccc(O)c(c3)[C@H]3CC([O-])=C4C=CN=C4CC#Cc4cc(C(N)N)c(cc43)CSSC[C@H](CC1)C2. The van der Waals surface area contributed by atoms with Gasteiger partial charge in [0.1, 0.15) is 5.75 Å². The zero-order valence-corrected chi connectivity index (χ0v) is 34.2. The van der Waals surface area contributed by atoms with Gasteiger partial charge in [-0.3, -0.25) is 9.79 Å². The Bertz CT molecular complexity index is 2180. The number of hydrogen-bond donors (Lipinski definition) is 4. The molecule has 1 fully saturated rings. The topological polar surface area (TPSA) is 154 Å². The fraction of sp³-hybridized carbons (Fsp3) is 0.404. The van der Waals surface area contributed by atoms with Crippen LogP contribution in [0, 0.1) is 23.2 Å². The summed E-state index contributed by atoms with van der Waals surface area (Å²) in [4.78, 5) is 17.6. The number of allylic oxidation sites excluding steroid dienone is 5. The van der Waals surface area contributed by atoms with Crippen LogP contribution in [0.4, 0.5) is 0 Å². The van der Waals surface area contributed by atoms with Gasteiger partial charge < -0.3 is 31.5 Å². The Morgan fingerprint density at radius 2 is 1.84 bits per heavy atom. The van der Waals surface area contributed by atoms with E-state index in [2.05, 4.69) is 35.9 Å². The van der Waals surface area contributed by atoms with Crippen LogP contribution < -0.4 is 21.3 Å². The van der Waals surface area contributed by atoms with Crippen LogP contribution in [0.1, 0.15) is 116 Å². The number of phenolic OH excluding ortho intramolecular Hbond substituents is 2. The number of carbonyl (C=O) groups is 1. The summed E-state index contributed by atoms with van der Waals surface area (Å²) in [6.07, 6.45) is 15.2. The Balaban J connectivity index is 1.27. The van der Waals surface area contributed by atoms with Gasteiger partial charge in [0.05, 0.1) is 24.9 Å². The lowest BCUT2D eigenvalue weighted by molar-refractivity contribution is -0.307. The quantitative estimate of drug-likeness (QED) is 0.116. The molecule has 0 amide bonds. The van der Waals surface area contributed by atoms with E-state index in [0.29, 0.717) is 60.0 Å². The van der Waals surface area contributed by atoms with Crippen molar-refractivity contribution in [3.63, 3.8) is 0 Å². The van der Waals surface area contributed by atoms with Gasteiger partial charge in [0.2, 0.25) is 0 Å². The molecule has 1 saturated carbocycles. The van der Waals surface area contributed by atoms with Gasteiger partial charge in [0.15, 0.2) is 17.3 Å². The molecule has 0 radical (unpaired) electrons. The van der Waals surface area contributed by atoms with Crippen LogP contribution in [0.2, 0.25) is 0 Å². The van der Waals surface area contributed by atoms with E-state index in [1.54, 1.807) is 35.2 Å². The normalized spacial score (nSPS) is 23.4. The number of rotatable bonds is 4. The number of ketones is 1. The van der Waals surface area contributed by atoms with Crippen LogP contribution in [-0.4, -0.2) is 34.1 Å². The second kappa shape index (κ2) is 18.5. The minimum absolute atomic E-state index is 0.0326. The molecular formula is C47H52N3O5S2-. The summed E-state index contributed by atoms with van der Waals surface area (Å²) in [5.41, 5.74) is 19.9. The van der Waals surface area contributed by atoms with Crippen molar-refractivity contribution in [2.45, 2.75) is 95.4 Å². The van der Waals surface area contributed by atoms with Crippen molar-refractivity contribution in [1.82, 2.24) is 0 Å². The lowest BCUT2D eigenvalue weighted by Crippen LogP contribution is -2.23. The van der Waals surface area contributed by atoms with Gasteiger partial charge in [-0.15, -0.1) is 5.76 Å². The van der Waals surface area contributed by atoms with Crippen LogP contribution in [0.15, 0.2) is 89.3 Å². The third-order valence-corrected chi connectivity index (χ3v) is 14.3. The van der Waals surface area contributed by atoms with Gasteiger partial charge in [0.25, 0.3) is 0 Å². The van der Waals surface area contributed by atoms with Gasteiger partial charge >= 0.3 is 0 Å². The molecule has 0 unspecified atom stereocenters. The van der Waals surface area contributed by atoms with E-state index in [-0.39, 0.29) is 41.5 Å². The van der Waals surface area contributed by atoms with E-state index in [1.165, 1.54) is 0 Å². The highest BCUT2D eigenvalue weighted by Gasteiger charge is 2.36. The number of aryl methyl sites for hydroxylation is 1. The molecule has 2 aliphatic heterocycles. The Hall–Kier alpha value is -4.40. The molecule has 3 aromatic carbocycles. The largest absolute Gasteiger partial charge is 0.875 e. The summed E-state index contributed by atoms with van der Waals surface area (Å²) in [6.45, 7) is 2.48. The van der Waals surface area contributed by atoms with Crippen molar-refractivity contribution in [3.05, 3.63) is 123 Å². The molecule has 10 heteroatoms. The average molecular weight is 803 g/mol. The smallest absolute Gasteiger partial charge is 0.161 e. The molecule has 7 rings (SSSR count). The van der Waals surface area contributed by atoms with Crippen LogP contribution >= 0.6 is 21.6 Å². The van der Waals surface area contributed by atoms with Crippen LogP contribution in [0.3, 0.4) is 0 Å². The molecule has 2 heterocycles. The highest BCUT2D eigenvalue weighted by molar-refractivity contribution is 8.76. The molecule has 3 atom stereocenters. The molecule has 298 valence electrons. The minimum Gasteiger partial charge on any atom is -0.875 e. The van der Waals surface area contributed by atoms with Crippen LogP contribution in [0.25, 0.3) is 0 Å². The molecule has 2 aliphatic carbocycles. The number of hydrogen-bond acceptors (Lipinski definition) is 10. The molecule has 4 aliphatic rings. The number of nitrogens with two attached hydrogens (primary N) is 2. The molecule has 8 nitrogen and oxygen atoms in total. The summed E-state index contributed by atoms with van der Waals surface area (Å²) in [6, 6.07) is 14.8. The van der Waals surface area contributed by atoms with Crippen molar-refractivity contribution in [2.75, 3.05) is 12.4 Å². The summed E-state index contributed by atoms with van der Waals surface area (Å²) >= 11 is 0. The van der Waals surface area contributed by atoms with Crippen molar-refractivity contribution >= 4 is 33.1 Å². The molecule has 6 N–H and O–H groups in total. The maximum absolute atomic E-state index is 14.1. The number of fused-ring (bicyclic) bond motifs is 9. The van der Waals surface area contributed by atoms with E-state index >= 15 is 0 Å². The van der Waals surface area contributed by atoms with Gasteiger partial charge in [-0.05, 0) is 120 Å². The average Bonchev–Trinajstić information content (AvgIpc) is 3.85. The number of aliphatic imine (C=N–C) groups is 1. The number of unbranched alkanes of at least 4 members (excludes halogenated alkanes) is 1. The lowest BCUT2D eigenvalue weighted by Gasteiger charge is -2.28. The second-order valence-electron chi connectivity index (χ2n) is 15.8. The molecule has 57 heavy (non-hydrogen) atoms. The summed E-state index contributed by atoms with van der Waals surface area (Å²) in [5.74, 6) is 8.82. The fourth-order valence-electron chi connectivity index (χ4n) is 8.60. The van der Waals surface area contributed by atoms with Crippen LogP contribution in [0.5, 0.6) is 17.2 Å². The first-order valence-electron chi connectivity index (χ1n) is 20.1. The fourth-order valence-corrected chi connectivity index (χ4v) is 11.1. The zero-order valence-electron chi connectivity index (χ0n) is 32.6. The third-order valence-electron chi connectivity index (χ3n) is 11.8. The monoisotopic (exact) mass is 802 g/mol. The molecule has 0 spiro atoms. The molecule has 8 bridgehead atoms. The Morgan fingerprint density at radius 3 is 2.67 bits per heavy atom. The highest BCUT2D eigenvalue weighted by atomic mass is 33.1. The first-order valence-corrected chi connectivity index (χ1v) is 22.6. The first kappa shape index (κ1) is 40.8. The van der Waals surface area contributed by atoms with E-state index < -0.39 is 12.1 Å². The number of carbonyl (C=O) groups excluding carboxylic acids is 1. The second-order valence-corrected chi connectivity index (χ2v) is 18.4. The summed E-state index contributed by atoms with van der Waals surface area (Å²) in [5, 5.41) is 36.2. The first-order chi connectivity index (χ1) is 27.6. The van der Waals surface area contributed by atoms with E-state index in [1.807, 2.05) is 47.2 Å². The van der Waals surface area contributed by atoms with Crippen molar-refractivity contribution in [1.29, 1.82) is 0 Å². The number of phenols is 2. The van der Waals surface area contributed by atoms with Crippen molar-refractivity contribution in [2.24, 2.45) is 27.8 Å². The number of aromatic hydroxyl groups is 2. The van der Waals surface area contributed by atoms with Crippen molar-refractivity contribution < 1.29 is 24.9 Å². The Kier molecular flexibility index (Phi) is 13.2. The van der Waals surface area contributed by atoms with Gasteiger partial charge in [-0.2, -0.15) is 0 Å². The van der Waals surface area contributed by atoms with Gasteiger partial charge in [0, 0.05) is 47.6 Å². The maximum atomic E-state index is 14.1. The highest BCUT2D eigenvalue weighted by Crippen LogP contribution is 2.49. The van der Waals surface area contributed by atoms with E-state index in [9.17, 15) is 20.1 Å². The standard InChI is InChI=1S/C47H53N3O5S2/c1-2-3-17-47-18-13-32(27-47)28-56-57-29-34-25-37-33(24-38(34)46(48)49)5-4-6-41-36(15-20-50-41)44(54)26-39(37)40-22-31(8-11-42(40)52)16-21-55-45-23-30(9-12-43(45)53)7-10-35(51)14-19-47/h8-9,11-12,14-15,19-20,22-25,32,39,46,52-54H,2-3,6-7,10,13,16-18,21,26-29,48-49H2,1H3/p-1/b19-14+,44-36?/t32-,39+,47-/m1/s1. The Labute approximate surface area is 344 Å². The molecular weight excluding hydrogens is 751 g/mol. The van der Waals surface area contributed by atoms with E-state index in [0.717, 1.165) is 77.7 Å². The zero-order chi connectivity index (χ0) is 39.9. The van der Waals surface area contributed by atoms with Crippen molar-refractivity contribution in [3.8, 4) is 29.1 Å². The maximum Gasteiger partial charge on any atom is 0.161 e. The van der Waals surface area contributed by atoms with Gasteiger partial charge in [-0.25, -0.2) is 0 Å². The Morgan fingerprint density at radius 1 is 1.02 bits per heavy atom. The molecule has 0 saturated heterocycles. The number of nitrogens with zero attached hydrogens (tertiary/aromatic N) is 1. The predicted molar refractivity (Wildman–Crippen MR) is 230 cm³/mol. The molecule has 0 aromatic heterocycles. The van der Waals surface area contributed by atoms with Crippen LogP contribution in [-0.2, 0) is 23.4 Å². The predicted octanol–water partition coefficient (Wildman–Crippen LogP) is 8.42. The van der Waals surface area contributed by atoms with Gasteiger partial charge in [-0.1, -0.05) is 83.5 Å². The summed E-state index contributed by atoms with van der Waals surface area (Å²) in [7, 11) is 3.65. The lowest BCUT2D eigenvalue weighted by atomic mass is 9.80. The summed E-state index contributed by atoms with van der Waals surface area (Å²) < 4.78 is 6.12. The minimum atomic E-state index is -0.729. The molecule has 3 aromatic rings.